The summed E-state index contributed by atoms with van der Waals surface area (Å²) in [6, 6.07) is 9.31. The van der Waals surface area contributed by atoms with Crippen LogP contribution >= 0.6 is 34.7 Å². The Morgan fingerprint density at radius 1 is 1.28 bits per heavy atom. The van der Waals surface area contributed by atoms with Crippen LogP contribution in [0, 0.1) is 0 Å². The molecule has 3 aromatic rings. The minimum Gasteiger partial charge on any atom is -0.328 e. The molecule has 1 atom stereocenters. The molecule has 1 aliphatic rings. The van der Waals surface area contributed by atoms with Gasteiger partial charge in [-0.15, -0.1) is 11.3 Å². The van der Waals surface area contributed by atoms with Crippen molar-refractivity contribution in [1.29, 1.82) is 0 Å². The lowest BCUT2D eigenvalue weighted by Crippen LogP contribution is -2.54. The van der Waals surface area contributed by atoms with Crippen molar-refractivity contribution < 1.29 is 9.59 Å². The van der Waals surface area contributed by atoms with Gasteiger partial charge in [-0.1, -0.05) is 41.6 Å². The van der Waals surface area contributed by atoms with Gasteiger partial charge in [-0.05, 0) is 36.8 Å². The number of thioether (sulfide) groups is 1. The van der Waals surface area contributed by atoms with Crippen molar-refractivity contribution in [3.05, 3.63) is 52.6 Å². The van der Waals surface area contributed by atoms with Gasteiger partial charge < -0.3 is 4.90 Å². The zero-order chi connectivity index (χ0) is 20.4. The summed E-state index contributed by atoms with van der Waals surface area (Å²) in [7, 11) is 1.72. The smallest absolute Gasteiger partial charge is 0.233 e. The Morgan fingerprint density at radius 3 is 2.90 bits per heavy atom. The van der Waals surface area contributed by atoms with Gasteiger partial charge in [0, 0.05) is 29.4 Å². The fourth-order valence-corrected chi connectivity index (χ4v) is 5.94. The van der Waals surface area contributed by atoms with E-state index in [-0.39, 0.29) is 17.4 Å². The second-order valence-corrected chi connectivity index (χ2v) is 9.30. The van der Waals surface area contributed by atoms with E-state index in [4.69, 9.17) is 11.6 Å². The number of amides is 1. The third-order valence-corrected chi connectivity index (χ3v) is 7.62. The molecule has 5 nitrogen and oxygen atoms in total. The first-order valence-corrected chi connectivity index (χ1v) is 11.6. The zero-order valence-corrected chi connectivity index (χ0v) is 18.3. The first-order chi connectivity index (χ1) is 14.0. The van der Waals surface area contributed by atoms with E-state index in [9.17, 15) is 9.59 Å². The number of ketones is 1. The Bertz CT molecular complexity index is 1070. The van der Waals surface area contributed by atoms with Gasteiger partial charge in [-0.25, -0.2) is 9.97 Å². The molecule has 1 amide bonds. The minimum atomic E-state index is -1.00. The topological polar surface area (TPSA) is 63.2 Å². The monoisotopic (exact) mass is 445 g/mol. The summed E-state index contributed by atoms with van der Waals surface area (Å²) in [5, 5.41) is 4.21. The average molecular weight is 446 g/mol. The molecule has 29 heavy (non-hydrogen) atoms. The number of likely N-dealkylation sites (N-methyl/N-ethyl adjacent to an activating group) is 1. The van der Waals surface area contributed by atoms with Crippen LogP contribution in [0.5, 0.6) is 0 Å². The normalized spacial score (nSPS) is 19.4. The van der Waals surface area contributed by atoms with E-state index in [1.807, 2.05) is 29.6 Å². The minimum absolute atomic E-state index is 0.0555. The lowest BCUT2D eigenvalue weighted by Gasteiger charge is -2.44. The first-order valence-electron chi connectivity index (χ1n) is 9.40. The van der Waals surface area contributed by atoms with Crippen LogP contribution in [0.1, 0.15) is 31.2 Å². The molecule has 150 valence electrons. The third-order valence-electron chi connectivity index (χ3n) is 5.48. The first kappa shape index (κ1) is 20.3. The van der Waals surface area contributed by atoms with E-state index >= 15 is 0 Å². The number of hydrogen-bond donors (Lipinski definition) is 0. The lowest BCUT2D eigenvalue weighted by molar-refractivity contribution is -0.146. The van der Waals surface area contributed by atoms with Gasteiger partial charge in [0.15, 0.2) is 5.78 Å². The average Bonchev–Trinajstić information content (AvgIpc) is 3.22. The van der Waals surface area contributed by atoms with Gasteiger partial charge in [0.25, 0.3) is 0 Å². The van der Waals surface area contributed by atoms with E-state index in [1.54, 1.807) is 29.4 Å². The standard InChI is InChI=1S/C21H20ClN3O2S2/c1-25(18(27)12-29-20-14-9-11-28-19(14)23-13-24-20)21(10-5-4-8-17(21)26)15-6-2-3-7-16(15)22/h2-3,6-7,9,11,13H,4-5,8,10,12H2,1H3. The highest BCUT2D eigenvalue weighted by atomic mass is 35.5. The fraction of sp³-hybridized carbons (Fsp3) is 0.333. The molecule has 1 saturated carbocycles. The van der Waals surface area contributed by atoms with Crippen LogP contribution < -0.4 is 0 Å². The summed E-state index contributed by atoms with van der Waals surface area (Å²) in [6.45, 7) is 0. The van der Waals surface area contributed by atoms with Crippen LogP contribution in [-0.2, 0) is 15.1 Å². The predicted octanol–water partition coefficient (Wildman–Crippen LogP) is 4.93. The number of fused-ring (bicyclic) bond motifs is 1. The van der Waals surface area contributed by atoms with Gasteiger partial charge in [0.05, 0.1) is 5.75 Å². The Kier molecular flexibility index (Phi) is 5.90. The van der Waals surface area contributed by atoms with Crippen LogP contribution in [0.15, 0.2) is 47.1 Å². The summed E-state index contributed by atoms with van der Waals surface area (Å²) in [4.78, 5) is 37.4. The summed E-state index contributed by atoms with van der Waals surface area (Å²) >= 11 is 9.39. The van der Waals surface area contributed by atoms with Crippen molar-refractivity contribution in [1.82, 2.24) is 14.9 Å². The van der Waals surface area contributed by atoms with E-state index in [2.05, 4.69) is 9.97 Å². The Hall–Kier alpha value is -1.96. The van der Waals surface area contributed by atoms with Crippen molar-refractivity contribution >= 4 is 56.6 Å². The number of benzene rings is 1. The third kappa shape index (κ3) is 3.67. The molecule has 0 N–H and O–H groups in total. The maximum absolute atomic E-state index is 13.2. The molecular weight excluding hydrogens is 426 g/mol. The Morgan fingerprint density at radius 2 is 2.10 bits per heavy atom. The highest BCUT2D eigenvalue weighted by Gasteiger charge is 2.47. The SMILES string of the molecule is CN(C(=O)CSc1ncnc2sccc12)C1(c2ccccc2Cl)CCCCC1=O. The Balaban J connectivity index is 1.61. The van der Waals surface area contributed by atoms with Gasteiger partial charge in [0.1, 0.15) is 21.7 Å². The summed E-state index contributed by atoms with van der Waals surface area (Å²) in [5.41, 5.74) is -0.285. The van der Waals surface area contributed by atoms with Crippen LogP contribution in [0.4, 0.5) is 0 Å². The van der Waals surface area contributed by atoms with Gasteiger partial charge in [0.2, 0.25) is 5.91 Å². The van der Waals surface area contributed by atoms with Gasteiger partial charge >= 0.3 is 0 Å². The number of nitrogens with zero attached hydrogens (tertiary/aromatic N) is 3. The molecule has 0 bridgehead atoms. The van der Waals surface area contributed by atoms with Gasteiger partial charge in [-0.2, -0.15) is 0 Å². The molecule has 0 radical (unpaired) electrons. The number of aromatic nitrogens is 2. The molecule has 1 aromatic carbocycles. The predicted molar refractivity (Wildman–Crippen MR) is 118 cm³/mol. The number of rotatable bonds is 5. The van der Waals surface area contributed by atoms with Crippen molar-refractivity contribution in [3.63, 3.8) is 0 Å². The van der Waals surface area contributed by atoms with Crippen LogP contribution in [0.3, 0.4) is 0 Å². The van der Waals surface area contributed by atoms with E-state index in [1.165, 1.54) is 18.1 Å². The van der Waals surface area contributed by atoms with Crippen LogP contribution in [0.25, 0.3) is 10.2 Å². The molecule has 2 heterocycles. The van der Waals surface area contributed by atoms with E-state index in [0.717, 1.165) is 33.6 Å². The summed E-state index contributed by atoms with van der Waals surface area (Å²) in [5.74, 6) is 0.130. The van der Waals surface area contributed by atoms with E-state index in [0.29, 0.717) is 17.9 Å². The number of carbonyl (C=O) groups excluding carboxylic acids is 2. The highest BCUT2D eigenvalue weighted by molar-refractivity contribution is 8.00. The Labute approximate surface area is 182 Å². The number of hydrogen-bond acceptors (Lipinski definition) is 6. The maximum atomic E-state index is 13.2. The molecular formula is C21H20ClN3O2S2. The lowest BCUT2D eigenvalue weighted by atomic mass is 9.74. The zero-order valence-electron chi connectivity index (χ0n) is 15.9. The summed E-state index contributed by atoms with van der Waals surface area (Å²) in [6.07, 6.45) is 4.29. The molecule has 1 unspecified atom stereocenters. The van der Waals surface area contributed by atoms with Crippen LogP contribution in [0.2, 0.25) is 5.02 Å². The molecule has 1 aliphatic carbocycles. The van der Waals surface area contributed by atoms with E-state index < -0.39 is 5.54 Å². The largest absolute Gasteiger partial charge is 0.328 e. The van der Waals surface area contributed by atoms with Crippen molar-refractivity contribution in [3.8, 4) is 0 Å². The van der Waals surface area contributed by atoms with Crippen LogP contribution in [-0.4, -0.2) is 39.4 Å². The van der Waals surface area contributed by atoms with Crippen molar-refractivity contribution in [2.45, 2.75) is 36.2 Å². The number of thiophene rings is 1. The van der Waals surface area contributed by atoms with Gasteiger partial charge in [-0.3, -0.25) is 9.59 Å². The molecule has 0 saturated heterocycles. The molecule has 4 rings (SSSR count). The second-order valence-electron chi connectivity index (χ2n) is 7.03. The number of halogens is 1. The van der Waals surface area contributed by atoms with Crippen molar-refractivity contribution in [2.24, 2.45) is 0 Å². The summed E-state index contributed by atoms with van der Waals surface area (Å²) < 4.78 is 0. The molecule has 0 spiro atoms. The quantitative estimate of drug-likeness (QED) is 0.411. The highest BCUT2D eigenvalue weighted by Crippen LogP contribution is 2.42. The number of carbonyl (C=O) groups is 2. The molecule has 1 fully saturated rings. The molecule has 0 aliphatic heterocycles. The molecule has 8 heteroatoms. The second kappa shape index (κ2) is 8.42. The van der Waals surface area contributed by atoms with Crippen molar-refractivity contribution in [2.75, 3.05) is 12.8 Å². The number of Topliss-reactive ketones (excluding diaryl/α,β-unsaturated/α-hetero) is 1. The molecule has 2 aromatic heterocycles. The maximum Gasteiger partial charge on any atom is 0.233 e. The fourth-order valence-electron chi connectivity index (χ4n) is 3.95.